The Kier molecular flexibility index (Phi) is 4.09. The number of nitrogens with zero attached hydrogens (tertiary/aromatic N) is 1. The van der Waals surface area contributed by atoms with Crippen molar-refractivity contribution in [2.24, 2.45) is 0 Å². The summed E-state index contributed by atoms with van der Waals surface area (Å²) >= 11 is 0. The molecular formula is C13H12FN3O3. The van der Waals surface area contributed by atoms with Crippen LogP contribution < -0.4 is 5.32 Å². The van der Waals surface area contributed by atoms with Crippen LogP contribution in [0.25, 0.3) is 0 Å². The van der Waals surface area contributed by atoms with Gasteiger partial charge >= 0.3 is 5.97 Å². The number of amides is 1. The van der Waals surface area contributed by atoms with E-state index in [4.69, 9.17) is 4.74 Å². The minimum atomic E-state index is -0.601. The maximum absolute atomic E-state index is 13.0. The number of benzene rings is 1. The molecule has 2 N–H and O–H groups in total. The molecule has 20 heavy (non-hydrogen) atoms. The molecule has 104 valence electrons. The molecule has 0 saturated carbocycles. The summed E-state index contributed by atoms with van der Waals surface area (Å²) in [5, 5.41) is 8.61. The summed E-state index contributed by atoms with van der Waals surface area (Å²) in [5.74, 6) is -1.57. The summed E-state index contributed by atoms with van der Waals surface area (Å²) < 4.78 is 17.9. The van der Waals surface area contributed by atoms with Gasteiger partial charge < -0.3 is 10.1 Å². The Hall–Kier alpha value is -2.70. The standard InChI is InChI=1S/C13H12FN3O3/c1-2-20-13(19)10-7-15-17-11(10)16-12(18)8-4-3-5-9(14)6-8/h3-7H,2H2,1H3,(H2,15,16,17,18). The molecule has 0 unspecified atom stereocenters. The van der Waals surface area contributed by atoms with Gasteiger partial charge in [-0.1, -0.05) is 6.07 Å². The number of esters is 1. The van der Waals surface area contributed by atoms with E-state index < -0.39 is 17.7 Å². The van der Waals surface area contributed by atoms with E-state index in [1.165, 1.54) is 24.4 Å². The fraction of sp³-hybridized carbons (Fsp3) is 0.154. The molecule has 2 aromatic rings. The summed E-state index contributed by atoms with van der Waals surface area (Å²) in [5.41, 5.74) is 0.242. The van der Waals surface area contributed by atoms with Crippen LogP contribution >= 0.6 is 0 Å². The topological polar surface area (TPSA) is 84.1 Å². The summed E-state index contributed by atoms with van der Waals surface area (Å²) in [4.78, 5) is 23.5. The third-order valence-corrected chi connectivity index (χ3v) is 2.46. The molecule has 0 aliphatic rings. The average Bonchev–Trinajstić information content (AvgIpc) is 2.87. The Morgan fingerprint density at radius 2 is 2.25 bits per heavy atom. The second-order valence-corrected chi connectivity index (χ2v) is 3.84. The first-order chi connectivity index (χ1) is 9.61. The van der Waals surface area contributed by atoms with Crippen LogP contribution in [0, 0.1) is 5.82 Å². The fourth-order valence-electron chi connectivity index (χ4n) is 1.56. The zero-order valence-corrected chi connectivity index (χ0v) is 10.6. The first kappa shape index (κ1) is 13.7. The minimum Gasteiger partial charge on any atom is -0.462 e. The summed E-state index contributed by atoms with van der Waals surface area (Å²) in [6.45, 7) is 1.88. The van der Waals surface area contributed by atoms with Crippen LogP contribution in [0.3, 0.4) is 0 Å². The third kappa shape index (κ3) is 3.00. The van der Waals surface area contributed by atoms with E-state index in [0.29, 0.717) is 0 Å². The van der Waals surface area contributed by atoms with E-state index in [0.717, 1.165) is 6.07 Å². The zero-order valence-electron chi connectivity index (χ0n) is 10.6. The lowest BCUT2D eigenvalue weighted by Gasteiger charge is -2.05. The number of H-pyrrole nitrogens is 1. The molecule has 0 spiro atoms. The second kappa shape index (κ2) is 5.96. The van der Waals surface area contributed by atoms with Gasteiger partial charge in [0.15, 0.2) is 0 Å². The number of rotatable bonds is 4. The van der Waals surface area contributed by atoms with E-state index in [1.54, 1.807) is 6.92 Å². The van der Waals surface area contributed by atoms with E-state index in [1.807, 2.05) is 0 Å². The highest BCUT2D eigenvalue weighted by molar-refractivity contribution is 6.07. The molecule has 1 aromatic carbocycles. The van der Waals surface area contributed by atoms with E-state index >= 15 is 0 Å². The van der Waals surface area contributed by atoms with E-state index in [-0.39, 0.29) is 23.6 Å². The molecule has 0 saturated heterocycles. The zero-order chi connectivity index (χ0) is 14.5. The van der Waals surface area contributed by atoms with Crippen LogP contribution in [0.5, 0.6) is 0 Å². The van der Waals surface area contributed by atoms with Crippen molar-refractivity contribution in [2.45, 2.75) is 6.92 Å². The van der Waals surface area contributed by atoms with Crippen molar-refractivity contribution in [3.8, 4) is 0 Å². The number of hydrogen-bond donors (Lipinski definition) is 2. The van der Waals surface area contributed by atoms with Crippen LogP contribution in [0.1, 0.15) is 27.6 Å². The number of anilines is 1. The van der Waals surface area contributed by atoms with Crippen molar-refractivity contribution in [3.05, 3.63) is 47.4 Å². The van der Waals surface area contributed by atoms with Crippen LogP contribution in [-0.4, -0.2) is 28.7 Å². The summed E-state index contributed by atoms with van der Waals surface area (Å²) in [6.07, 6.45) is 1.25. The number of halogens is 1. The predicted octanol–water partition coefficient (Wildman–Crippen LogP) is 1.98. The number of aromatic amines is 1. The number of carbonyl (C=O) groups excluding carboxylic acids is 2. The lowest BCUT2D eigenvalue weighted by molar-refractivity contribution is 0.0527. The monoisotopic (exact) mass is 277 g/mol. The van der Waals surface area contributed by atoms with Gasteiger partial charge in [-0.25, -0.2) is 9.18 Å². The van der Waals surface area contributed by atoms with Gasteiger partial charge in [-0.3, -0.25) is 9.89 Å². The lowest BCUT2D eigenvalue weighted by atomic mass is 10.2. The highest BCUT2D eigenvalue weighted by Crippen LogP contribution is 2.14. The predicted molar refractivity (Wildman–Crippen MR) is 68.9 cm³/mol. The van der Waals surface area contributed by atoms with Crippen molar-refractivity contribution < 1.29 is 18.7 Å². The van der Waals surface area contributed by atoms with Gasteiger partial charge in [0.05, 0.1) is 12.8 Å². The summed E-state index contributed by atoms with van der Waals surface area (Å²) in [6, 6.07) is 5.20. The molecule has 1 aromatic heterocycles. The van der Waals surface area contributed by atoms with Crippen LogP contribution in [0.15, 0.2) is 30.5 Å². The molecule has 2 rings (SSSR count). The molecule has 1 amide bonds. The van der Waals surface area contributed by atoms with Gasteiger partial charge in [-0.15, -0.1) is 0 Å². The number of carbonyl (C=O) groups is 2. The number of hydrogen-bond acceptors (Lipinski definition) is 4. The van der Waals surface area contributed by atoms with Gasteiger partial charge in [0.25, 0.3) is 5.91 Å². The molecule has 0 radical (unpaired) electrons. The van der Waals surface area contributed by atoms with Crippen LogP contribution in [-0.2, 0) is 4.74 Å². The van der Waals surface area contributed by atoms with Gasteiger partial charge in [-0.05, 0) is 25.1 Å². The van der Waals surface area contributed by atoms with Crippen molar-refractivity contribution in [2.75, 3.05) is 11.9 Å². The first-order valence-corrected chi connectivity index (χ1v) is 5.89. The summed E-state index contributed by atoms with van der Waals surface area (Å²) in [7, 11) is 0. The highest BCUT2D eigenvalue weighted by atomic mass is 19.1. The number of aromatic nitrogens is 2. The fourth-order valence-corrected chi connectivity index (χ4v) is 1.56. The van der Waals surface area contributed by atoms with E-state index in [9.17, 15) is 14.0 Å². The second-order valence-electron chi connectivity index (χ2n) is 3.84. The molecule has 0 fully saturated rings. The molecule has 7 heteroatoms. The largest absolute Gasteiger partial charge is 0.462 e. The third-order valence-electron chi connectivity index (χ3n) is 2.46. The smallest absolute Gasteiger partial charge is 0.343 e. The molecule has 1 heterocycles. The molecule has 0 bridgehead atoms. The van der Waals surface area contributed by atoms with Gasteiger partial charge in [0.2, 0.25) is 0 Å². The quantitative estimate of drug-likeness (QED) is 0.837. The number of nitrogens with one attached hydrogen (secondary N) is 2. The van der Waals surface area contributed by atoms with Crippen molar-refractivity contribution in [1.29, 1.82) is 0 Å². The highest BCUT2D eigenvalue weighted by Gasteiger charge is 2.17. The molecule has 0 atom stereocenters. The van der Waals surface area contributed by atoms with Gasteiger partial charge in [-0.2, -0.15) is 5.10 Å². The maximum atomic E-state index is 13.0. The average molecular weight is 277 g/mol. The van der Waals surface area contributed by atoms with Crippen LogP contribution in [0.4, 0.5) is 10.2 Å². The Morgan fingerprint density at radius 3 is 2.95 bits per heavy atom. The van der Waals surface area contributed by atoms with Crippen LogP contribution in [0.2, 0.25) is 0 Å². The van der Waals surface area contributed by atoms with E-state index in [2.05, 4.69) is 15.5 Å². The Labute approximate surface area is 113 Å². The number of ether oxygens (including phenoxy) is 1. The molecule has 0 aliphatic heterocycles. The van der Waals surface area contributed by atoms with Crippen molar-refractivity contribution >= 4 is 17.7 Å². The Morgan fingerprint density at radius 1 is 1.45 bits per heavy atom. The molecule has 0 aliphatic carbocycles. The Bertz CT molecular complexity index is 639. The molecule has 6 nitrogen and oxygen atoms in total. The SMILES string of the molecule is CCOC(=O)c1cn[nH]c1NC(=O)c1cccc(F)c1. The van der Waals surface area contributed by atoms with Crippen molar-refractivity contribution in [1.82, 2.24) is 10.2 Å². The van der Waals surface area contributed by atoms with Gasteiger partial charge in [0, 0.05) is 5.56 Å². The lowest BCUT2D eigenvalue weighted by Crippen LogP contribution is -2.15. The maximum Gasteiger partial charge on any atom is 0.343 e. The first-order valence-electron chi connectivity index (χ1n) is 5.89. The van der Waals surface area contributed by atoms with Crippen molar-refractivity contribution in [3.63, 3.8) is 0 Å². The normalized spacial score (nSPS) is 10.1. The van der Waals surface area contributed by atoms with Gasteiger partial charge in [0.1, 0.15) is 17.2 Å². The molecular weight excluding hydrogens is 265 g/mol. The minimum absolute atomic E-state index is 0.108. The Balaban J connectivity index is 2.16.